The fourth-order valence-electron chi connectivity index (χ4n) is 4.42. The largest absolute Gasteiger partial charge is 0.388 e. The lowest BCUT2D eigenvalue weighted by Crippen LogP contribution is -2.50. The van der Waals surface area contributed by atoms with Gasteiger partial charge in [-0.05, 0) is 38.5 Å². The van der Waals surface area contributed by atoms with E-state index in [2.05, 4.69) is 20.3 Å². The minimum atomic E-state index is -0.739. The van der Waals surface area contributed by atoms with Gasteiger partial charge < -0.3 is 20.2 Å². The van der Waals surface area contributed by atoms with Crippen LogP contribution in [0.3, 0.4) is 0 Å². The molecule has 0 radical (unpaired) electrons. The van der Waals surface area contributed by atoms with Crippen molar-refractivity contribution in [3.05, 3.63) is 12.7 Å². The van der Waals surface area contributed by atoms with Gasteiger partial charge in [0.05, 0.1) is 5.60 Å². The average molecular weight is 407 g/mol. The predicted octanol–water partition coefficient (Wildman–Crippen LogP) is 0.402. The fourth-order valence-corrected chi connectivity index (χ4v) is 4.42. The van der Waals surface area contributed by atoms with E-state index in [4.69, 9.17) is 0 Å². The smallest absolute Gasteiger partial charge is 0.222 e. The van der Waals surface area contributed by atoms with E-state index in [9.17, 15) is 14.7 Å². The fraction of sp³-hybridized carbons (Fsp3) is 0.800. The molecule has 0 unspecified atom stereocenters. The Morgan fingerprint density at radius 1 is 1.21 bits per heavy atom. The van der Waals surface area contributed by atoms with Gasteiger partial charge in [-0.25, -0.2) is 4.98 Å². The number of likely N-dealkylation sites (tertiary alicyclic amines) is 2. The molecular formula is C20H34N6O3. The molecule has 1 atom stereocenters. The molecule has 2 aliphatic rings. The number of hydrogen-bond donors (Lipinski definition) is 2. The summed E-state index contributed by atoms with van der Waals surface area (Å²) in [4.78, 5) is 31.9. The highest BCUT2D eigenvalue weighted by Gasteiger charge is 2.34. The van der Waals surface area contributed by atoms with Crippen LogP contribution in [0.4, 0.5) is 0 Å². The Bertz CT molecular complexity index is 659. The summed E-state index contributed by atoms with van der Waals surface area (Å²) in [7, 11) is 0. The molecular weight excluding hydrogens is 372 g/mol. The Morgan fingerprint density at radius 2 is 2.00 bits per heavy atom. The van der Waals surface area contributed by atoms with Crippen LogP contribution in [0.2, 0.25) is 0 Å². The van der Waals surface area contributed by atoms with E-state index in [1.54, 1.807) is 17.9 Å². The van der Waals surface area contributed by atoms with Crippen LogP contribution in [0.1, 0.15) is 51.9 Å². The molecule has 0 saturated carbocycles. The molecule has 29 heavy (non-hydrogen) atoms. The van der Waals surface area contributed by atoms with Crippen molar-refractivity contribution in [2.24, 2.45) is 0 Å². The van der Waals surface area contributed by atoms with Crippen molar-refractivity contribution in [1.82, 2.24) is 29.9 Å². The Hall–Kier alpha value is -2.00. The van der Waals surface area contributed by atoms with E-state index in [0.717, 1.165) is 51.7 Å². The number of nitrogens with one attached hydrogen (secondary N) is 1. The highest BCUT2D eigenvalue weighted by atomic mass is 16.3. The second-order valence-electron chi connectivity index (χ2n) is 8.47. The number of β-amino-alcohol motifs (C(OH)–C–C–N with tert-alkyl or cyclic N) is 1. The number of aromatic nitrogens is 3. The maximum atomic E-state index is 12.6. The summed E-state index contributed by atoms with van der Waals surface area (Å²) >= 11 is 0. The van der Waals surface area contributed by atoms with Gasteiger partial charge in [-0.1, -0.05) is 0 Å². The van der Waals surface area contributed by atoms with Crippen LogP contribution in [0.25, 0.3) is 0 Å². The van der Waals surface area contributed by atoms with Gasteiger partial charge in [-0.15, -0.1) is 0 Å². The maximum Gasteiger partial charge on any atom is 0.222 e. The zero-order valence-corrected chi connectivity index (χ0v) is 17.4. The van der Waals surface area contributed by atoms with Gasteiger partial charge in [0.2, 0.25) is 11.8 Å². The van der Waals surface area contributed by atoms with Crippen LogP contribution in [-0.2, 0) is 16.1 Å². The van der Waals surface area contributed by atoms with E-state index >= 15 is 0 Å². The Labute approximate surface area is 172 Å². The second-order valence-corrected chi connectivity index (χ2v) is 8.47. The third-order valence-corrected chi connectivity index (χ3v) is 6.03. The monoisotopic (exact) mass is 406 g/mol. The molecule has 1 aromatic heterocycles. The van der Waals surface area contributed by atoms with Crippen molar-refractivity contribution in [3.8, 4) is 0 Å². The van der Waals surface area contributed by atoms with Gasteiger partial charge in [0.15, 0.2) is 0 Å². The van der Waals surface area contributed by atoms with E-state index in [1.807, 2.05) is 4.90 Å². The van der Waals surface area contributed by atoms with Crippen molar-refractivity contribution < 1.29 is 14.7 Å². The van der Waals surface area contributed by atoms with Gasteiger partial charge >= 0.3 is 0 Å². The highest BCUT2D eigenvalue weighted by Crippen LogP contribution is 2.25. The number of piperidine rings is 1. The minimum absolute atomic E-state index is 0.0249. The molecule has 2 aliphatic heterocycles. The molecule has 3 heterocycles. The van der Waals surface area contributed by atoms with Gasteiger partial charge in [-0.3, -0.25) is 14.3 Å². The van der Waals surface area contributed by atoms with Crippen molar-refractivity contribution in [2.75, 3.05) is 32.7 Å². The topological polar surface area (TPSA) is 104 Å². The zero-order valence-electron chi connectivity index (χ0n) is 17.4. The molecule has 2 amide bonds. The molecule has 2 saturated heterocycles. The quantitative estimate of drug-likeness (QED) is 0.680. The lowest BCUT2D eigenvalue weighted by atomic mass is 9.93. The number of carbonyl (C=O) groups is 2. The Kier molecular flexibility index (Phi) is 7.60. The summed E-state index contributed by atoms with van der Waals surface area (Å²) in [5.74, 6) is 0.183. The summed E-state index contributed by atoms with van der Waals surface area (Å²) in [5, 5.41) is 18.2. The number of aryl methyl sites for hydroxylation is 1. The van der Waals surface area contributed by atoms with Crippen LogP contribution in [0.5, 0.6) is 0 Å². The lowest BCUT2D eigenvalue weighted by Gasteiger charge is -2.38. The Balaban J connectivity index is 1.40. The lowest BCUT2D eigenvalue weighted by molar-refractivity contribution is -0.131. The number of carbonyl (C=O) groups excluding carboxylic acids is 2. The van der Waals surface area contributed by atoms with Crippen LogP contribution in [0, 0.1) is 0 Å². The first-order chi connectivity index (χ1) is 13.9. The molecule has 3 rings (SSSR count). The summed E-state index contributed by atoms with van der Waals surface area (Å²) in [6.07, 6.45) is 8.41. The minimum Gasteiger partial charge on any atom is -0.388 e. The summed E-state index contributed by atoms with van der Waals surface area (Å²) in [5.41, 5.74) is -0.739. The first-order valence-electron chi connectivity index (χ1n) is 10.8. The SMILES string of the molecule is CC(=O)NC1CCN(C[C@]2(O)CCCN(C(=O)CCCn3cncn3)CC2)CC1. The van der Waals surface area contributed by atoms with Gasteiger partial charge in [0, 0.05) is 58.7 Å². The number of rotatable bonds is 7. The first-order valence-corrected chi connectivity index (χ1v) is 10.8. The number of nitrogens with zero attached hydrogens (tertiary/aromatic N) is 5. The zero-order chi connectivity index (χ0) is 20.7. The summed E-state index contributed by atoms with van der Waals surface area (Å²) in [6, 6.07) is 0.248. The molecule has 9 heteroatoms. The predicted molar refractivity (Wildman–Crippen MR) is 108 cm³/mol. The van der Waals surface area contributed by atoms with Crippen molar-refractivity contribution in [2.45, 2.75) is 70.1 Å². The molecule has 1 aromatic rings. The van der Waals surface area contributed by atoms with E-state index < -0.39 is 5.60 Å². The number of hydrogen-bond acceptors (Lipinski definition) is 6. The van der Waals surface area contributed by atoms with Gasteiger partial charge in [0.25, 0.3) is 0 Å². The Morgan fingerprint density at radius 3 is 2.69 bits per heavy atom. The molecule has 0 spiro atoms. The van der Waals surface area contributed by atoms with Crippen LogP contribution in [-0.4, -0.2) is 85.9 Å². The highest BCUT2D eigenvalue weighted by molar-refractivity contribution is 5.76. The first kappa shape index (κ1) is 21.7. The van der Waals surface area contributed by atoms with E-state index in [1.165, 1.54) is 6.33 Å². The molecule has 9 nitrogen and oxygen atoms in total. The van der Waals surface area contributed by atoms with Crippen LogP contribution in [0.15, 0.2) is 12.7 Å². The number of aliphatic hydroxyl groups is 1. The van der Waals surface area contributed by atoms with E-state index in [-0.39, 0.29) is 17.9 Å². The normalized spacial score (nSPS) is 24.3. The van der Waals surface area contributed by atoms with Crippen LogP contribution >= 0.6 is 0 Å². The molecule has 162 valence electrons. The van der Waals surface area contributed by atoms with E-state index in [0.29, 0.717) is 32.5 Å². The van der Waals surface area contributed by atoms with Gasteiger partial charge in [0.1, 0.15) is 12.7 Å². The molecule has 0 aliphatic carbocycles. The standard InChI is InChI=1S/C20H34N6O3/c1-17(27)23-18-5-11-24(12-6-18)14-20(29)7-3-9-25(13-8-20)19(28)4-2-10-26-16-21-15-22-26/h15-16,18,29H,2-14H2,1H3,(H,23,27)/t20-/m0/s1. The maximum absolute atomic E-state index is 12.6. The summed E-state index contributed by atoms with van der Waals surface area (Å²) in [6.45, 7) is 6.00. The molecule has 0 bridgehead atoms. The third-order valence-electron chi connectivity index (χ3n) is 6.03. The number of amides is 2. The van der Waals surface area contributed by atoms with Gasteiger partial charge in [-0.2, -0.15) is 5.10 Å². The van der Waals surface area contributed by atoms with Crippen molar-refractivity contribution >= 4 is 11.8 Å². The van der Waals surface area contributed by atoms with Crippen molar-refractivity contribution in [1.29, 1.82) is 0 Å². The molecule has 2 fully saturated rings. The van der Waals surface area contributed by atoms with Crippen LogP contribution < -0.4 is 5.32 Å². The van der Waals surface area contributed by atoms with Crippen molar-refractivity contribution in [3.63, 3.8) is 0 Å². The third kappa shape index (κ3) is 6.78. The second kappa shape index (κ2) is 10.2. The molecule has 0 aromatic carbocycles. The average Bonchev–Trinajstić information content (AvgIpc) is 3.11. The summed E-state index contributed by atoms with van der Waals surface area (Å²) < 4.78 is 1.74. The molecule has 2 N–H and O–H groups in total.